The summed E-state index contributed by atoms with van der Waals surface area (Å²) in [7, 11) is 0. The van der Waals surface area contributed by atoms with Crippen molar-refractivity contribution in [1.29, 1.82) is 0 Å². The van der Waals surface area contributed by atoms with Crippen LogP contribution in [0.15, 0.2) is 36.9 Å². The van der Waals surface area contributed by atoms with Gasteiger partial charge in [-0.2, -0.15) is 0 Å². The third kappa shape index (κ3) is 15.9. The second kappa shape index (κ2) is 20.1. The average molecular weight is 429 g/mol. The Bertz CT molecular complexity index is 547. The smallest absolute Gasteiger partial charge is 0.550 e. The number of rotatable bonds is 19. The number of hydrogen-bond donors (Lipinski definition) is 0. The van der Waals surface area contributed by atoms with E-state index in [2.05, 4.69) is 25.6 Å². The molecule has 0 amide bonds. The fraction of sp³-hybridized carbons (Fsp3) is 0.625. The molecule has 0 saturated heterocycles. The summed E-state index contributed by atoms with van der Waals surface area (Å²) in [5.74, 6) is -0.362. The Morgan fingerprint density at radius 3 is 2.37 bits per heavy atom. The maximum Gasteiger partial charge on any atom is 1.00 e. The summed E-state index contributed by atoms with van der Waals surface area (Å²) in [5, 5.41) is 10.5. The van der Waals surface area contributed by atoms with E-state index in [0.717, 1.165) is 12.2 Å². The summed E-state index contributed by atoms with van der Waals surface area (Å²) >= 11 is 0. The molecule has 1 aromatic carbocycles. The van der Waals surface area contributed by atoms with Crippen LogP contribution in [0.1, 0.15) is 63.9 Å². The number of ether oxygens (including phenoxy) is 3. The van der Waals surface area contributed by atoms with Crippen molar-refractivity contribution in [2.75, 3.05) is 26.4 Å². The maximum absolute atomic E-state index is 10.5. The average Bonchev–Trinajstić information content (AvgIpc) is 2.71. The van der Waals surface area contributed by atoms with Crippen molar-refractivity contribution in [3.05, 3.63) is 42.5 Å². The Hall–Kier alpha value is -0.850. The Labute approximate surface area is 204 Å². The van der Waals surface area contributed by atoms with Crippen LogP contribution in [0.5, 0.6) is 5.75 Å². The molecule has 0 bridgehead atoms. The Balaban J connectivity index is 0.00000841. The minimum absolute atomic E-state index is 0. The molecule has 5 nitrogen and oxygen atoms in total. The third-order valence-electron chi connectivity index (χ3n) is 4.63. The molecule has 30 heavy (non-hydrogen) atoms. The zero-order chi connectivity index (χ0) is 21.2. The van der Waals surface area contributed by atoms with E-state index >= 15 is 0 Å². The summed E-state index contributed by atoms with van der Waals surface area (Å²) in [4.78, 5) is 10.5. The summed E-state index contributed by atoms with van der Waals surface area (Å²) in [6.45, 7) is 6.94. The topological polar surface area (TPSA) is 67.8 Å². The molecule has 0 aliphatic rings. The van der Waals surface area contributed by atoms with Crippen molar-refractivity contribution in [2.24, 2.45) is 0 Å². The second-order valence-corrected chi connectivity index (χ2v) is 7.27. The van der Waals surface area contributed by atoms with Crippen LogP contribution in [0.4, 0.5) is 0 Å². The van der Waals surface area contributed by atoms with Crippen molar-refractivity contribution < 1.29 is 53.7 Å². The number of aliphatic carboxylic acids is 1. The van der Waals surface area contributed by atoms with Gasteiger partial charge < -0.3 is 24.1 Å². The quantitative estimate of drug-likeness (QED) is 0.187. The Morgan fingerprint density at radius 1 is 1.07 bits per heavy atom. The van der Waals surface area contributed by atoms with E-state index in [1.165, 1.54) is 50.5 Å². The predicted octanol–water partition coefficient (Wildman–Crippen LogP) is 1.09. The summed E-state index contributed by atoms with van der Waals surface area (Å²) in [6, 6.07) is 8.15. The van der Waals surface area contributed by atoms with Crippen LogP contribution in [0.2, 0.25) is 0 Å². The molecule has 0 aromatic heterocycles. The van der Waals surface area contributed by atoms with E-state index in [4.69, 9.17) is 14.2 Å². The van der Waals surface area contributed by atoms with Crippen molar-refractivity contribution in [3.8, 4) is 5.75 Å². The number of carboxylic acids is 1. The van der Waals surface area contributed by atoms with Gasteiger partial charge in [-0.15, -0.1) is 6.58 Å². The van der Waals surface area contributed by atoms with Gasteiger partial charge in [-0.05, 0) is 30.5 Å². The molecule has 0 saturated carbocycles. The minimum Gasteiger partial charge on any atom is -0.550 e. The minimum atomic E-state index is -1.13. The monoisotopic (exact) mass is 428 g/mol. The molecule has 1 atom stereocenters. The van der Waals surface area contributed by atoms with Gasteiger partial charge in [-0.3, -0.25) is 0 Å². The number of carbonyl (C=O) groups excluding carboxylic acids is 1. The molecular weight excluding hydrogens is 391 g/mol. The number of carboxylic acid groups (broad SMARTS) is 1. The molecule has 0 spiro atoms. The van der Waals surface area contributed by atoms with Gasteiger partial charge in [0.15, 0.2) is 0 Å². The molecule has 0 aliphatic carbocycles. The predicted molar refractivity (Wildman–Crippen MR) is 114 cm³/mol. The molecule has 1 aromatic rings. The van der Waals surface area contributed by atoms with E-state index in [-0.39, 0.29) is 48.7 Å². The molecular formula is C24H37NaO5. The van der Waals surface area contributed by atoms with Gasteiger partial charge in [-0.25, -0.2) is 0 Å². The first-order chi connectivity index (χ1) is 14.2. The van der Waals surface area contributed by atoms with Crippen molar-refractivity contribution in [2.45, 2.75) is 70.8 Å². The number of carbonyl (C=O) groups is 1. The molecule has 164 valence electrons. The third-order valence-corrected chi connectivity index (χ3v) is 4.63. The van der Waals surface area contributed by atoms with Gasteiger partial charge in [0.05, 0.1) is 19.8 Å². The molecule has 1 rings (SSSR count). The molecule has 6 heteroatoms. The molecule has 0 heterocycles. The van der Waals surface area contributed by atoms with E-state index < -0.39 is 5.97 Å². The zero-order valence-electron chi connectivity index (χ0n) is 18.9. The maximum atomic E-state index is 10.5. The molecule has 0 N–H and O–H groups in total. The first-order valence-corrected chi connectivity index (χ1v) is 10.9. The zero-order valence-corrected chi connectivity index (χ0v) is 20.9. The van der Waals surface area contributed by atoms with Crippen LogP contribution < -0.4 is 39.4 Å². The van der Waals surface area contributed by atoms with Crippen LogP contribution in [0, 0.1) is 0 Å². The molecule has 0 fully saturated rings. The van der Waals surface area contributed by atoms with Crippen LogP contribution >= 0.6 is 0 Å². The fourth-order valence-corrected chi connectivity index (χ4v) is 2.96. The van der Waals surface area contributed by atoms with Gasteiger partial charge in [0, 0.05) is 12.4 Å². The van der Waals surface area contributed by atoms with Crippen LogP contribution in [-0.4, -0.2) is 38.5 Å². The van der Waals surface area contributed by atoms with Crippen molar-refractivity contribution >= 4 is 5.97 Å². The van der Waals surface area contributed by atoms with Crippen molar-refractivity contribution in [1.82, 2.24) is 0 Å². The van der Waals surface area contributed by atoms with E-state index in [9.17, 15) is 9.90 Å². The van der Waals surface area contributed by atoms with E-state index in [0.29, 0.717) is 19.8 Å². The van der Waals surface area contributed by atoms with Crippen molar-refractivity contribution in [3.63, 3.8) is 0 Å². The number of aryl methyl sites for hydroxylation is 1. The first kappa shape index (κ1) is 29.1. The van der Waals surface area contributed by atoms with Gasteiger partial charge in [0.2, 0.25) is 0 Å². The van der Waals surface area contributed by atoms with Gasteiger partial charge in [-0.1, -0.05) is 63.7 Å². The van der Waals surface area contributed by atoms with Gasteiger partial charge in [0.25, 0.3) is 0 Å². The molecule has 0 radical (unpaired) electrons. The van der Waals surface area contributed by atoms with Gasteiger partial charge in [0.1, 0.15) is 18.5 Å². The molecule has 1 unspecified atom stereocenters. The number of unbranched alkanes of at least 4 members (excludes halogenated alkanes) is 6. The largest absolute Gasteiger partial charge is 1.00 e. The number of hydrogen-bond acceptors (Lipinski definition) is 5. The van der Waals surface area contributed by atoms with Crippen LogP contribution in [0.25, 0.3) is 0 Å². The first-order valence-electron chi connectivity index (χ1n) is 10.9. The van der Waals surface area contributed by atoms with Crippen LogP contribution in [0.3, 0.4) is 0 Å². The Kier molecular flexibility index (Phi) is 19.5. The SMILES string of the molecule is C=CCOCC(COc1ccc(CCCCCCCCC)cc1)OCCC(=O)[O-].[Na+]. The number of benzene rings is 1. The normalized spacial score (nSPS) is 11.5. The van der Waals surface area contributed by atoms with Crippen LogP contribution in [-0.2, 0) is 20.7 Å². The van der Waals surface area contributed by atoms with E-state index in [1.807, 2.05) is 12.1 Å². The standard InChI is InChI=1S/C24H38O5.Na/c1-3-5-6-7-8-9-10-11-21-12-14-22(15-13-21)29-20-23(19-27-17-4-2)28-18-16-24(25)26;/h4,12-15,23H,2-3,5-11,16-20H2,1H3,(H,25,26);/q;+1/p-1. The van der Waals surface area contributed by atoms with E-state index in [1.54, 1.807) is 6.08 Å². The summed E-state index contributed by atoms with van der Waals surface area (Å²) in [5.41, 5.74) is 1.32. The summed E-state index contributed by atoms with van der Waals surface area (Å²) in [6.07, 6.45) is 11.5. The Morgan fingerprint density at radius 2 is 1.73 bits per heavy atom. The second-order valence-electron chi connectivity index (χ2n) is 7.27. The fourth-order valence-electron chi connectivity index (χ4n) is 2.96. The summed E-state index contributed by atoms with van der Waals surface area (Å²) < 4.78 is 16.7. The molecule has 0 aliphatic heterocycles. The van der Waals surface area contributed by atoms with Gasteiger partial charge >= 0.3 is 29.6 Å².